The molecule has 2 N–H and O–H groups in total. The Labute approximate surface area is 83.5 Å². The quantitative estimate of drug-likeness (QED) is 0.704. The smallest absolute Gasteiger partial charge is 0.158 e. The van der Waals surface area contributed by atoms with Gasteiger partial charge in [0.1, 0.15) is 0 Å². The van der Waals surface area contributed by atoms with E-state index in [1.54, 1.807) is 6.42 Å². The fourth-order valence-corrected chi connectivity index (χ4v) is 1.09. The van der Waals surface area contributed by atoms with Crippen LogP contribution in [0.3, 0.4) is 0 Å². The third kappa shape index (κ3) is 3.20. The zero-order valence-corrected chi connectivity index (χ0v) is 8.08. The number of nitrogens with two attached hydrogens (primary N) is 1. The van der Waals surface area contributed by atoms with Gasteiger partial charge >= 0.3 is 0 Å². The van der Waals surface area contributed by atoms with E-state index in [0.29, 0.717) is 5.75 Å². The first kappa shape index (κ1) is 10.3. The van der Waals surface area contributed by atoms with Gasteiger partial charge in [-0.15, -0.1) is 0 Å². The number of carbonyl (C=O) groups is 1. The van der Waals surface area contributed by atoms with Crippen LogP contribution in [-0.4, -0.2) is 17.6 Å². The first-order chi connectivity index (χ1) is 6.24. The average Bonchev–Trinajstić information content (AvgIpc) is 2.18. The van der Waals surface area contributed by atoms with E-state index in [0.717, 1.165) is 5.56 Å². The van der Waals surface area contributed by atoms with E-state index >= 15 is 0 Å². The molecule has 0 saturated heterocycles. The molecular formula is C10H12NOS. The Morgan fingerprint density at radius 1 is 1.46 bits per heavy atom. The number of hydrogen-bond donors (Lipinski definition) is 2. The molecule has 0 aromatic heterocycles. The highest BCUT2D eigenvalue weighted by atomic mass is 32.1. The van der Waals surface area contributed by atoms with Gasteiger partial charge in [-0.2, -0.15) is 12.6 Å². The van der Waals surface area contributed by atoms with Crippen molar-refractivity contribution in [1.29, 1.82) is 0 Å². The van der Waals surface area contributed by atoms with Gasteiger partial charge in [-0.1, -0.05) is 30.3 Å². The van der Waals surface area contributed by atoms with Crippen LogP contribution in [-0.2, 0) is 4.79 Å². The molecule has 0 aliphatic heterocycles. The summed E-state index contributed by atoms with van der Waals surface area (Å²) in [5.74, 6) is 0.295. The fourth-order valence-electron chi connectivity index (χ4n) is 0.911. The van der Waals surface area contributed by atoms with E-state index in [1.165, 1.54) is 0 Å². The van der Waals surface area contributed by atoms with Crippen LogP contribution in [0.2, 0.25) is 0 Å². The lowest BCUT2D eigenvalue weighted by molar-refractivity contribution is -0.116. The highest BCUT2D eigenvalue weighted by Crippen LogP contribution is 2.04. The third-order valence-electron chi connectivity index (χ3n) is 1.67. The Hall–Kier alpha value is -0.800. The molecule has 0 fully saturated rings. The molecule has 0 heterocycles. The highest BCUT2D eigenvalue weighted by Gasteiger charge is 2.11. The summed E-state index contributed by atoms with van der Waals surface area (Å²) in [5, 5.41) is 0. The van der Waals surface area contributed by atoms with Crippen LogP contribution >= 0.6 is 12.6 Å². The Morgan fingerprint density at radius 3 is 2.62 bits per heavy atom. The summed E-state index contributed by atoms with van der Waals surface area (Å²) in [4.78, 5) is 11.3. The third-order valence-corrected chi connectivity index (χ3v) is 2.06. The fraction of sp³-hybridized carbons (Fsp3) is 0.200. The molecule has 0 unspecified atom stereocenters. The van der Waals surface area contributed by atoms with E-state index < -0.39 is 6.04 Å². The van der Waals surface area contributed by atoms with Gasteiger partial charge in [-0.05, 0) is 5.56 Å². The van der Waals surface area contributed by atoms with Crippen molar-refractivity contribution in [3.63, 3.8) is 0 Å². The second-order valence-corrected chi connectivity index (χ2v) is 3.11. The van der Waals surface area contributed by atoms with E-state index in [4.69, 9.17) is 5.73 Å². The normalized spacial score (nSPS) is 12.5. The maximum Gasteiger partial charge on any atom is 0.158 e. The van der Waals surface area contributed by atoms with Gasteiger partial charge in [0.2, 0.25) is 0 Å². The molecule has 13 heavy (non-hydrogen) atoms. The van der Waals surface area contributed by atoms with E-state index in [-0.39, 0.29) is 5.78 Å². The van der Waals surface area contributed by atoms with E-state index in [2.05, 4.69) is 12.6 Å². The summed E-state index contributed by atoms with van der Waals surface area (Å²) in [6.45, 7) is 0. The molecule has 0 bridgehead atoms. The van der Waals surface area contributed by atoms with Crippen molar-refractivity contribution >= 4 is 18.4 Å². The Balaban J connectivity index is 2.55. The molecule has 1 aromatic rings. The number of thiol groups is 1. The zero-order valence-electron chi connectivity index (χ0n) is 7.18. The molecule has 0 spiro atoms. The molecule has 69 valence electrons. The first-order valence-corrected chi connectivity index (χ1v) is 4.67. The van der Waals surface area contributed by atoms with Gasteiger partial charge in [-0.3, -0.25) is 4.79 Å². The highest BCUT2D eigenvalue weighted by molar-refractivity contribution is 7.80. The number of carbonyl (C=O) groups excluding carboxylic acids is 1. The topological polar surface area (TPSA) is 43.1 Å². The molecule has 1 atom stereocenters. The summed E-state index contributed by atoms with van der Waals surface area (Å²) in [6.07, 6.45) is 1.54. The molecule has 2 nitrogen and oxygen atoms in total. The van der Waals surface area contributed by atoms with Crippen molar-refractivity contribution in [2.45, 2.75) is 6.04 Å². The molecule has 0 saturated carbocycles. The van der Waals surface area contributed by atoms with Crippen molar-refractivity contribution < 1.29 is 4.79 Å². The summed E-state index contributed by atoms with van der Waals surface area (Å²) < 4.78 is 0. The minimum Gasteiger partial charge on any atom is -0.321 e. The lowest BCUT2D eigenvalue weighted by Crippen LogP contribution is -2.32. The first-order valence-electron chi connectivity index (χ1n) is 4.04. The molecule has 1 aromatic carbocycles. The molecule has 1 radical (unpaired) electrons. The van der Waals surface area contributed by atoms with Crippen molar-refractivity contribution in [1.82, 2.24) is 0 Å². The van der Waals surface area contributed by atoms with Gasteiger partial charge in [-0.25, -0.2) is 0 Å². The van der Waals surface area contributed by atoms with Crippen molar-refractivity contribution in [2.75, 3.05) is 5.75 Å². The SMILES string of the molecule is N[C@@H](CS)C(=O)[CH]c1ccccc1. The predicted octanol–water partition coefficient (Wildman–Crippen LogP) is 1.07. The largest absolute Gasteiger partial charge is 0.321 e. The molecule has 3 heteroatoms. The van der Waals surface area contributed by atoms with Crippen LogP contribution in [0, 0.1) is 6.42 Å². The minimum absolute atomic E-state index is 0.0822. The van der Waals surface area contributed by atoms with Crippen molar-refractivity contribution in [3.8, 4) is 0 Å². The van der Waals surface area contributed by atoms with E-state index in [1.807, 2.05) is 30.3 Å². The van der Waals surface area contributed by atoms with Crippen LogP contribution in [0.15, 0.2) is 30.3 Å². The maximum absolute atomic E-state index is 11.3. The number of Topliss-reactive ketones (excluding diaryl/α,β-unsaturated/α-hetero) is 1. The zero-order chi connectivity index (χ0) is 9.68. The summed E-state index contributed by atoms with van der Waals surface area (Å²) >= 11 is 3.96. The molecule has 0 aliphatic carbocycles. The Bertz CT molecular complexity index is 274. The molecular weight excluding hydrogens is 182 g/mol. The van der Waals surface area contributed by atoms with Crippen molar-refractivity contribution in [3.05, 3.63) is 42.3 Å². The van der Waals surface area contributed by atoms with E-state index in [9.17, 15) is 4.79 Å². The van der Waals surface area contributed by atoms with Crippen LogP contribution < -0.4 is 5.73 Å². The second-order valence-electron chi connectivity index (χ2n) is 2.75. The van der Waals surface area contributed by atoms with Gasteiger partial charge in [0.15, 0.2) is 5.78 Å². The maximum atomic E-state index is 11.3. The molecule has 1 rings (SSSR count). The minimum atomic E-state index is -0.497. The van der Waals surface area contributed by atoms with Crippen LogP contribution in [0.5, 0.6) is 0 Å². The van der Waals surface area contributed by atoms with Crippen LogP contribution in [0.4, 0.5) is 0 Å². The van der Waals surface area contributed by atoms with Crippen LogP contribution in [0.25, 0.3) is 0 Å². The van der Waals surface area contributed by atoms with Gasteiger partial charge in [0.05, 0.1) is 12.5 Å². The summed E-state index contributed by atoms with van der Waals surface area (Å²) in [6, 6.07) is 8.90. The van der Waals surface area contributed by atoms with Gasteiger partial charge in [0, 0.05) is 5.75 Å². The summed E-state index contributed by atoms with van der Waals surface area (Å²) in [7, 11) is 0. The predicted molar refractivity (Wildman–Crippen MR) is 56.7 cm³/mol. The lowest BCUT2D eigenvalue weighted by atomic mass is 10.1. The summed E-state index contributed by atoms with van der Waals surface area (Å²) in [5.41, 5.74) is 6.39. The number of rotatable bonds is 4. The van der Waals surface area contributed by atoms with Crippen LogP contribution in [0.1, 0.15) is 5.56 Å². The number of benzene rings is 1. The number of ketones is 1. The van der Waals surface area contributed by atoms with Gasteiger partial charge in [0.25, 0.3) is 0 Å². The standard InChI is InChI=1S/C10H12NOS/c11-9(7-13)10(12)6-8-4-2-1-3-5-8/h1-6,9,13H,7,11H2/t9-/m0/s1. The van der Waals surface area contributed by atoms with Crippen molar-refractivity contribution in [2.24, 2.45) is 5.73 Å². The average molecular weight is 194 g/mol. The second kappa shape index (κ2) is 5.04. The Kier molecular flexibility index (Phi) is 3.99. The number of hydrogen-bond acceptors (Lipinski definition) is 3. The van der Waals surface area contributed by atoms with Gasteiger partial charge < -0.3 is 5.73 Å². The Morgan fingerprint density at radius 2 is 2.08 bits per heavy atom. The lowest BCUT2D eigenvalue weighted by Gasteiger charge is -2.05. The monoisotopic (exact) mass is 194 g/mol. The molecule has 0 aliphatic rings. The molecule has 0 amide bonds.